The number of methoxy groups -OCH3 is 1. The van der Waals surface area contributed by atoms with Gasteiger partial charge >= 0.3 is 0 Å². The first kappa shape index (κ1) is 15.6. The Morgan fingerprint density at radius 3 is 2.59 bits per heavy atom. The fourth-order valence-electron chi connectivity index (χ4n) is 1.76. The van der Waals surface area contributed by atoms with Crippen LogP contribution in [0.1, 0.15) is 22.5 Å². The standard InChI is InChI=1S/C15H17N3O4/c1-10-9-13(18-22-10)17-14(19)7-8-16-15(20)11-3-5-12(21-2)6-4-11/h3-6,9H,7-8H2,1-2H3,(H,16,20)(H,17,18,19). The number of anilines is 1. The highest BCUT2D eigenvalue weighted by molar-refractivity contribution is 5.95. The van der Waals surface area contributed by atoms with Gasteiger partial charge in [0.25, 0.3) is 5.91 Å². The molecule has 0 radical (unpaired) electrons. The lowest BCUT2D eigenvalue weighted by molar-refractivity contribution is -0.116. The summed E-state index contributed by atoms with van der Waals surface area (Å²) in [5, 5.41) is 8.91. The second kappa shape index (κ2) is 7.26. The van der Waals surface area contributed by atoms with Crippen molar-refractivity contribution in [1.82, 2.24) is 10.5 Å². The smallest absolute Gasteiger partial charge is 0.251 e. The van der Waals surface area contributed by atoms with Crippen molar-refractivity contribution in [1.29, 1.82) is 0 Å². The highest BCUT2D eigenvalue weighted by atomic mass is 16.5. The van der Waals surface area contributed by atoms with Gasteiger partial charge in [-0.05, 0) is 31.2 Å². The number of carbonyl (C=O) groups excluding carboxylic acids is 2. The monoisotopic (exact) mass is 303 g/mol. The van der Waals surface area contributed by atoms with Gasteiger partial charge in [-0.1, -0.05) is 5.16 Å². The minimum Gasteiger partial charge on any atom is -0.497 e. The van der Waals surface area contributed by atoms with Crippen molar-refractivity contribution in [2.24, 2.45) is 0 Å². The average Bonchev–Trinajstić information content (AvgIpc) is 2.92. The van der Waals surface area contributed by atoms with Gasteiger partial charge in [-0.25, -0.2) is 0 Å². The molecule has 0 fully saturated rings. The van der Waals surface area contributed by atoms with Crippen LogP contribution in [0.4, 0.5) is 5.82 Å². The Hall–Kier alpha value is -2.83. The maximum absolute atomic E-state index is 11.9. The summed E-state index contributed by atoms with van der Waals surface area (Å²) < 4.78 is 9.86. The average molecular weight is 303 g/mol. The van der Waals surface area contributed by atoms with Gasteiger partial charge in [0, 0.05) is 24.6 Å². The minimum atomic E-state index is -0.247. The Morgan fingerprint density at radius 1 is 1.27 bits per heavy atom. The van der Waals surface area contributed by atoms with E-state index < -0.39 is 0 Å². The van der Waals surface area contributed by atoms with Crippen LogP contribution in [0.2, 0.25) is 0 Å². The van der Waals surface area contributed by atoms with E-state index in [4.69, 9.17) is 9.26 Å². The van der Waals surface area contributed by atoms with Crippen LogP contribution in [0.5, 0.6) is 5.75 Å². The predicted octanol–water partition coefficient (Wildman–Crippen LogP) is 1.75. The molecule has 0 unspecified atom stereocenters. The quantitative estimate of drug-likeness (QED) is 0.848. The summed E-state index contributed by atoms with van der Waals surface area (Å²) in [6.45, 7) is 1.96. The van der Waals surface area contributed by atoms with E-state index in [-0.39, 0.29) is 24.8 Å². The van der Waals surface area contributed by atoms with Gasteiger partial charge < -0.3 is 19.9 Å². The van der Waals surface area contributed by atoms with Gasteiger partial charge in [0.15, 0.2) is 5.82 Å². The Morgan fingerprint density at radius 2 is 2.00 bits per heavy atom. The normalized spacial score (nSPS) is 10.1. The number of rotatable bonds is 6. The summed E-state index contributed by atoms with van der Waals surface area (Å²) in [7, 11) is 1.56. The van der Waals surface area contributed by atoms with Crippen molar-refractivity contribution in [3.05, 3.63) is 41.7 Å². The van der Waals surface area contributed by atoms with E-state index >= 15 is 0 Å². The van der Waals surface area contributed by atoms with Gasteiger partial charge in [0.1, 0.15) is 11.5 Å². The molecule has 0 atom stereocenters. The van der Waals surface area contributed by atoms with Crippen LogP contribution in [0, 0.1) is 6.92 Å². The van der Waals surface area contributed by atoms with E-state index in [1.807, 2.05) is 0 Å². The molecule has 0 aliphatic carbocycles. The number of ether oxygens (including phenoxy) is 1. The molecule has 0 aliphatic rings. The maximum Gasteiger partial charge on any atom is 0.251 e. The highest BCUT2D eigenvalue weighted by Crippen LogP contribution is 2.11. The van der Waals surface area contributed by atoms with E-state index in [2.05, 4.69) is 15.8 Å². The number of hydrogen-bond donors (Lipinski definition) is 2. The molecule has 116 valence electrons. The third kappa shape index (κ3) is 4.34. The second-order valence-electron chi connectivity index (χ2n) is 4.61. The molecule has 1 aromatic carbocycles. The van der Waals surface area contributed by atoms with Crippen LogP contribution in [-0.4, -0.2) is 30.6 Å². The van der Waals surface area contributed by atoms with Gasteiger partial charge in [0.05, 0.1) is 7.11 Å². The number of nitrogens with one attached hydrogen (secondary N) is 2. The number of aromatic nitrogens is 1. The number of nitrogens with zero attached hydrogens (tertiary/aromatic N) is 1. The Labute approximate surface area is 127 Å². The highest BCUT2D eigenvalue weighted by Gasteiger charge is 2.08. The van der Waals surface area contributed by atoms with Gasteiger partial charge in [-0.3, -0.25) is 9.59 Å². The van der Waals surface area contributed by atoms with E-state index in [1.54, 1.807) is 44.4 Å². The van der Waals surface area contributed by atoms with Crippen LogP contribution >= 0.6 is 0 Å². The third-order valence-electron chi connectivity index (χ3n) is 2.89. The van der Waals surface area contributed by atoms with Crippen molar-refractivity contribution < 1.29 is 18.8 Å². The minimum absolute atomic E-state index is 0.147. The van der Waals surface area contributed by atoms with Crippen molar-refractivity contribution in [2.45, 2.75) is 13.3 Å². The third-order valence-corrected chi connectivity index (χ3v) is 2.89. The molecule has 7 heteroatoms. The Kier molecular flexibility index (Phi) is 5.13. The molecule has 2 N–H and O–H groups in total. The summed E-state index contributed by atoms with van der Waals surface area (Å²) in [6, 6.07) is 8.34. The Balaban J connectivity index is 1.75. The maximum atomic E-state index is 11.9. The van der Waals surface area contributed by atoms with Crippen LogP contribution in [0.3, 0.4) is 0 Å². The first-order chi connectivity index (χ1) is 10.6. The largest absolute Gasteiger partial charge is 0.497 e. The second-order valence-corrected chi connectivity index (χ2v) is 4.61. The van der Waals surface area contributed by atoms with Gasteiger partial charge in [0.2, 0.25) is 5.91 Å². The number of amides is 2. The van der Waals surface area contributed by atoms with Gasteiger partial charge in [-0.2, -0.15) is 0 Å². The molecule has 2 amide bonds. The SMILES string of the molecule is COc1ccc(C(=O)NCCC(=O)Nc2cc(C)on2)cc1. The van der Waals surface area contributed by atoms with Crippen LogP contribution in [-0.2, 0) is 4.79 Å². The molecular formula is C15H17N3O4. The number of hydrogen-bond acceptors (Lipinski definition) is 5. The molecule has 2 rings (SSSR count). The molecule has 1 aromatic heterocycles. The fourth-order valence-corrected chi connectivity index (χ4v) is 1.76. The topological polar surface area (TPSA) is 93.5 Å². The summed E-state index contributed by atoms with van der Waals surface area (Å²) >= 11 is 0. The zero-order valence-electron chi connectivity index (χ0n) is 12.4. The summed E-state index contributed by atoms with van der Waals surface area (Å²) in [6.07, 6.45) is 0.147. The molecule has 7 nitrogen and oxygen atoms in total. The number of carbonyl (C=O) groups is 2. The molecule has 0 aliphatic heterocycles. The van der Waals surface area contributed by atoms with E-state index in [9.17, 15) is 9.59 Å². The molecule has 0 saturated heterocycles. The Bertz CT molecular complexity index is 649. The van der Waals surface area contributed by atoms with Crippen LogP contribution in [0.25, 0.3) is 0 Å². The lowest BCUT2D eigenvalue weighted by Gasteiger charge is -2.06. The number of aryl methyl sites for hydroxylation is 1. The van der Waals surface area contributed by atoms with Crippen molar-refractivity contribution >= 4 is 17.6 Å². The fraction of sp³-hybridized carbons (Fsp3) is 0.267. The van der Waals surface area contributed by atoms with E-state index in [0.717, 1.165) is 0 Å². The summed E-state index contributed by atoms with van der Waals surface area (Å²) in [5.41, 5.74) is 0.508. The molecule has 2 aromatic rings. The zero-order chi connectivity index (χ0) is 15.9. The van der Waals surface area contributed by atoms with E-state index in [1.165, 1.54) is 0 Å². The van der Waals surface area contributed by atoms with Gasteiger partial charge in [-0.15, -0.1) is 0 Å². The summed E-state index contributed by atoms with van der Waals surface area (Å²) in [5.74, 6) is 1.17. The molecule has 1 heterocycles. The van der Waals surface area contributed by atoms with Crippen molar-refractivity contribution in [3.8, 4) is 5.75 Å². The predicted molar refractivity (Wildman–Crippen MR) is 79.8 cm³/mol. The molecular weight excluding hydrogens is 286 g/mol. The van der Waals surface area contributed by atoms with Crippen molar-refractivity contribution in [3.63, 3.8) is 0 Å². The molecule has 0 spiro atoms. The zero-order valence-corrected chi connectivity index (χ0v) is 12.4. The molecule has 0 bridgehead atoms. The van der Waals surface area contributed by atoms with Crippen LogP contribution in [0.15, 0.2) is 34.9 Å². The van der Waals surface area contributed by atoms with E-state index in [0.29, 0.717) is 22.9 Å². The summed E-state index contributed by atoms with van der Waals surface area (Å²) in [4.78, 5) is 23.5. The first-order valence-electron chi connectivity index (χ1n) is 6.74. The lowest BCUT2D eigenvalue weighted by Crippen LogP contribution is -2.27. The number of benzene rings is 1. The molecule has 22 heavy (non-hydrogen) atoms. The first-order valence-corrected chi connectivity index (χ1v) is 6.74. The molecule has 0 saturated carbocycles. The lowest BCUT2D eigenvalue weighted by atomic mass is 10.2. The van der Waals surface area contributed by atoms with Crippen LogP contribution < -0.4 is 15.4 Å². The van der Waals surface area contributed by atoms with Crippen molar-refractivity contribution in [2.75, 3.05) is 19.0 Å².